The summed E-state index contributed by atoms with van der Waals surface area (Å²) in [5.74, 6) is 1.00. The fourth-order valence-corrected chi connectivity index (χ4v) is 4.66. The fraction of sp³-hybridized carbons (Fsp3) is 0.579. The first-order valence-electron chi connectivity index (χ1n) is 9.10. The lowest BCUT2D eigenvalue weighted by Gasteiger charge is -2.23. The standard InChI is InChI=1S/C19H27N3O2S.ClH/c1-14-10-15(11-20)12-22(14)19(24)16-6-2-3-7-17(16)25-13-18(23)21-8-4-5-9-21;/h2-3,6-7,14-15H,4-5,8-13,20H2,1H3;1H. The third-order valence-electron chi connectivity index (χ3n) is 5.18. The van der Waals surface area contributed by atoms with Crippen LogP contribution < -0.4 is 5.73 Å². The molecule has 2 amide bonds. The predicted octanol–water partition coefficient (Wildman–Crippen LogP) is 2.63. The highest BCUT2D eigenvalue weighted by Crippen LogP contribution is 2.29. The number of nitrogens with zero attached hydrogens (tertiary/aromatic N) is 2. The molecule has 0 saturated carbocycles. The Kier molecular flexibility index (Phi) is 7.80. The molecule has 2 heterocycles. The van der Waals surface area contributed by atoms with Crippen LogP contribution in [0.5, 0.6) is 0 Å². The van der Waals surface area contributed by atoms with Crippen LogP contribution in [-0.4, -0.2) is 59.6 Å². The highest BCUT2D eigenvalue weighted by Gasteiger charge is 2.33. The van der Waals surface area contributed by atoms with Gasteiger partial charge in [-0.2, -0.15) is 0 Å². The number of amides is 2. The predicted molar refractivity (Wildman–Crippen MR) is 108 cm³/mol. The maximum Gasteiger partial charge on any atom is 0.255 e. The molecule has 0 spiro atoms. The van der Waals surface area contributed by atoms with E-state index in [0.717, 1.165) is 43.8 Å². The summed E-state index contributed by atoms with van der Waals surface area (Å²) in [5, 5.41) is 0. The zero-order valence-corrected chi connectivity index (χ0v) is 16.9. The molecule has 144 valence electrons. The summed E-state index contributed by atoms with van der Waals surface area (Å²) in [6.45, 7) is 5.16. The molecule has 0 aliphatic carbocycles. The molecule has 7 heteroatoms. The van der Waals surface area contributed by atoms with Crippen molar-refractivity contribution in [3.8, 4) is 0 Å². The fourth-order valence-electron chi connectivity index (χ4n) is 3.72. The molecule has 2 atom stereocenters. The Bertz CT molecular complexity index is 637. The summed E-state index contributed by atoms with van der Waals surface area (Å²) in [5.41, 5.74) is 6.48. The number of carbonyl (C=O) groups is 2. The Balaban J connectivity index is 0.00000243. The van der Waals surface area contributed by atoms with E-state index in [2.05, 4.69) is 6.92 Å². The van der Waals surface area contributed by atoms with Crippen molar-refractivity contribution in [3.05, 3.63) is 29.8 Å². The summed E-state index contributed by atoms with van der Waals surface area (Å²) >= 11 is 1.47. The Morgan fingerprint density at radius 3 is 2.58 bits per heavy atom. The van der Waals surface area contributed by atoms with Gasteiger partial charge in [-0.1, -0.05) is 12.1 Å². The Morgan fingerprint density at radius 2 is 1.92 bits per heavy atom. The van der Waals surface area contributed by atoms with Crippen LogP contribution in [0.3, 0.4) is 0 Å². The van der Waals surface area contributed by atoms with Crippen LogP contribution in [-0.2, 0) is 4.79 Å². The Hall–Kier alpha value is -1.24. The molecule has 2 saturated heterocycles. The van der Waals surface area contributed by atoms with Crippen LogP contribution in [0.15, 0.2) is 29.2 Å². The first-order chi connectivity index (χ1) is 12.1. The maximum absolute atomic E-state index is 13.0. The van der Waals surface area contributed by atoms with Gasteiger partial charge in [0.25, 0.3) is 5.91 Å². The molecule has 0 bridgehead atoms. The molecule has 2 aliphatic rings. The molecule has 0 radical (unpaired) electrons. The van der Waals surface area contributed by atoms with Gasteiger partial charge in [-0.05, 0) is 50.8 Å². The van der Waals surface area contributed by atoms with E-state index < -0.39 is 0 Å². The molecule has 2 fully saturated rings. The number of carbonyl (C=O) groups excluding carboxylic acids is 2. The average Bonchev–Trinajstić information content (AvgIpc) is 3.29. The number of thioether (sulfide) groups is 1. The number of hydrogen-bond donors (Lipinski definition) is 1. The normalized spacial score (nSPS) is 22.4. The quantitative estimate of drug-likeness (QED) is 0.775. The molecular weight excluding hydrogens is 370 g/mol. The SMILES string of the molecule is CC1CC(CN)CN1C(=O)c1ccccc1SCC(=O)N1CCCC1.Cl. The van der Waals surface area contributed by atoms with E-state index >= 15 is 0 Å². The summed E-state index contributed by atoms with van der Waals surface area (Å²) in [4.78, 5) is 30.0. The van der Waals surface area contributed by atoms with Gasteiger partial charge < -0.3 is 15.5 Å². The lowest BCUT2D eigenvalue weighted by molar-refractivity contribution is -0.127. The van der Waals surface area contributed by atoms with Gasteiger partial charge in [-0.3, -0.25) is 9.59 Å². The van der Waals surface area contributed by atoms with Crippen LogP contribution in [0.4, 0.5) is 0 Å². The molecule has 2 unspecified atom stereocenters. The number of halogens is 1. The largest absolute Gasteiger partial charge is 0.342 e. The molecular formula is C19H28ClN3O2S. The highest BCUT2D eigenvalue weighted by molar-refractivity contribution is 8.00. The minimum Gasteiger partial charge on any atom is -0.342 e. The molecule has 1 aromatic carbocycles. The first kappa shape index (κ1) is 21.1. The zero-order chi connectivity index (χ0) is 17.8. The van der Waals surface area contributed by atoms with Gasteiger partial charge in [-0.15, -0.1) is 24.2 Å². The molecule has 2 N–H and O–H groups in total. The minimum atomic E-state index is 0. The Labute approximate surface area is 166 Å². The molecule has 3 rings (SSSR count). The molecule has 0 aromatic heterocycles. The second-order valence-electron chi connectivity index (χ2n) is 7.02. The summed E-state index contributed by atoms with van der Waals surface area (Å²) in [6, 6.07) is 7.84. The maximum atomic E-state index is 13.0. The van der Waals surface area contributed by atoms with E-state index in [1.807, 2.05) is 34.1 Å². The number of hydrogen-bond acceptors (Lipinski definition) is 4. The summed E-state index contributed by atoms with van der Waals surface area (Å²) in [7, 11) is 0. The van der Waals surface area contributed by atoms with Crippen molar-refractivity contribution in [2.24, 2.45) is 11.7 Å². The molecule has 26 heavy (non-hydrogen) atoms. The van der Waals surface area contributed by atoms with E-state index in [1.54, 1.807) is 0 Å². The second-order valence-corrected chi connectivity index (χ2v) is 8.03. The van der Waals surface area contributed by atoms with E-state index in [-0.39, 0.29) is 30.3 Å². The molecule has 1 aromatic rings. The number of likely N-dealkylation sites (tertiary alicyclic amines) is 2. The van der Waals surface area contributed by atoms with Gasteiger partial charge in [-0.25, -0.2) is 0 Å². The van der Waals surface area contributed by atoms with Gasteiger partial charge in [0.2, 0.25) is 5.91 Å². The lowest BCUT2D eigenvalue weighted by atomic mass is 10.1. The Morgan fingerprint density at radius 1 is 1.23 bits per heavy atom. The third-order valence-corrected chi connectivity index (χ3v) is 6.24. The van der Waals surface area contributed by atoms with E-state index in [0.29, 0.717) is 23.8 Å². The van der Waals surface area contributed by atoms with Crippen molar-refractivity contribution in [3.63, 3.8) is 0 Å². The van der Waals surface area contributed by atoms with Crippen molar-refractivity contribution in [2.45, 2.75) is 37.1 Å². The summed E-state index contributed by atoms with van der Waals surface area (Å²) < 4.78 is 0. The highest BCUT2D eigenvalue weighted by atomic mass is 35.5. The lowest BCUT2D eigenvalue weighted by Crippen LogP contribution is -2.34. The second kappa shape index (κ2) is 9.62. The van der Waals surface area contributed by atoms with Gasteiger partial charge in [0.1, 0.15) is 0 Å². The number of nitrogens with two attached hydrogens (primary N) is 1. The first-order valence-corrected chi connectivity index (χ1v) is 10.1. The number of rotatable bonds is 5. The molecule has 5 nitrogen and oxygen atoms in total. The number of benzene rings is 1. The van der Waals surface area contributed by atoms with Gasteiger partial charge in [0.05, 0.1) is 11.3 Å². The van der Waals surface area contributed by atoms with E-state index in [4.69, 9.17) is 5.73 Å². The van der Waals surface area contributed by atoms with E-state index in [1.165, 1.54) is 11.8 Å². The topological polar surface area (TPSA) is 66.6 Å². The van der Waals surface area contributed by atoms with Crippen LogP contribution in [0, 0.1) is 5.92 Å². The van der Waals surface area contributed by atoms with Crippen molar-refractivity contribution >= 4 is 36.0 Å². The van der Waals surface area contributed by atoms with Gasteiger partial charge in [0, 0.05) is 30.6 Å². The summed E-state index contributed by atoms with van der Waals surface area (Å²) in [6.07, 6.45) is 3.16. The monoisotopic (exact) mass is 397 g/mol. The van der Waals surface area contributed by atoms with Crippen LogP contribution >= 0.6 is 24.2 Å². The smallest absolute Gasteiger partial charge is 0.255 e. The third kappa shape index (κ3) is 4.72. The van der Waals surface area contributed by atoms with E-state index in [9.17, 15) is 9.59 Å². The van der Waals surface area contributed by atoms with Crippen LogP contribution in [0.25, 0.3) is 0 Å². The van der Waals surface area contributed by atoms with Crippen molar-refractivity contribution in [1.82, 2.24) is 9.80 Å². The minimum absolute atomic E-state index is 0. The van der Waals surface area contributed by atoms with Crippen molar-refractivity contribution in [2.75, 3.05) is 31.9 Å². The molecule has 2 aliphatic heterocycles. The van der Waals surface area contributed by atoms with Gasteiger partial charge in [0.15, 0.2) is 0 Å². The average molecular weight is 398 g/mol. The van der Waals surface area contributed by atoms with Gasteiger partial charge >= 0.3 is 0 Å². The van der Waals surface area contributed by atoms with Crippen LogP contribution in [0.2, 0.25) is 0 Å². The van der Waals surface area contributed by atoms with Crippen molar-refractivity contribution < 1.29 is 9.59 Å². The van der Waals surface area contributed by atoms with Crippen molar-refractivity contribution in [1.29, 1.82) is 0 Å². The zero-order valence-electron chi connectivity index (χ0n) is 15.2. The van der Waals surface area contributed by atoms with Crippen LogP contribution in [0.1, 0.15) is 36.5 Å².